The molecular weight excluding hydrogens is 356 g/mol. The Kier molecular flexibility index (Phi) is 7.04. The van der Waals surface area contributed by atoms with Crippen molar-refractivity contribution in [1.29, 1.82) is 0 Å². The van der Waals surface area contributed by atoms with Gasteiger partial charge < -0.3 is 19.3 Å². The van der Waals surface area contributed by atoms with Crippen LogP contribution in [0.2, 0.25) is 0 Å². The topological polar surface area (TPSA) is 59.1 Å². The first kappa shape index (κ1) is 21.3. The van der Waals surface area contributed by atoms with E-state index in [0.29, 0.717) is 22.3 Å². The van der Waals surface area contributed by atoms with E-state index in [1.54, 1.807) is 26.0 Å². The molecule has 6 nitrogen and oxygen atoms in total. The number of benzene rings is 2. The zero-order valence-corrected chi connectivity index (χ0v) is 17.4. The molecule has 0 radical (unpaired) electrons. The smallest absolute Gasteiger partial charge is 0.338 e. The third-order valence-electron chi connectivity index (χ3n) is 4.32. The molecule has 2 aromatic rings. The maximum absolute atomic E-state index is 12.6. The molecule has 2 rings (SSSR count). The minimum atomic E-state index is -0.423. The van der Waals surface area contributed by atoms with Crippen LogP contribution in [0.5, 0.6) is 0 Å². The Labute approximate surface area is 166 Å². The van der Waals surface area contributed by atoms with Gasteiger partial charge in [-0.1, -0.05) is 0 Å². The summed E-state index contributed by atoms with van der Waals surface area (Å²) in [4.78, 5) is 29.1. The average molecular weight is 384 g/mol. The van der Waals surface area contributed by atoms with Gasteiger partial charge in [-0.05, 0) is 61.4 Å². The molecule has 0 aliphatic rings. The molecule has 0 saturated carbocycles. The largest absolute Gasteiger partial charge is 0.462 e. The Bertz CT molecular complexity index is 788. The summed E-state index contributed by atoms with van der Waals surface area (Å²) < 4.78 is 10.5. The summed E-state index contributed by atoms with van der Waals surface area (Å²) in [5.41, 5.74) is 3.91. The number of rotatable bonds is 7. The Balaban J connectivity index is 2.78. The van der Waals surface area contributed by atoms with Gasteiger partial charge in [0.1, 0.15) is 0 Å². The summed E-state index contributed by atoms with van der Waals surface area (Å²) in [6.07, 6.45) is 0. The minimum absolute atomic E-state index is 0.274. The van der Waals surface area contributed by atoms with Gasteiger partial charge in [-0.15, -0.1) is 0 Å². The molecule has 0 fully saturated rings. The van der Waals surface area contributed by atoms with Crippen molar-refractivity contribution in [2.24, 2.45) is 0 Å². The highest BCUT2D eigenvalue weighted by molar-refractivity contribution is 6.04. The number of hydrogen-bond donors (Lipinski definition) is 0. The van der Waals surface area contributed by atoms with Crippen molar-refractivity contribution < 1.29 is 19.1 Å². The maximum atomic E-state index is 12.6. The van der Waals surface area contributed by atoms with Crippen LogP contribution < -0.4 is 9.80 Å². The fourth-order valence-corrected chi connectivity index (χ4v) is 2.84. The molecule has 0 aromatic heterocycles. The average Bonchev–Trinajstić information content (AvgIpc) is 2.67. The van der Waals surface area contributed by atoms with Crippen LogP contribution in [0.4, 0.5) is 11.4 Å². The highest BCUT2D eigenvalue weighted by Crippen LogP contribution is 2.34. The third kappa shape index (κ3) is 4.63. The van der Waals surface area contributed by atoms with Crippen LogP contribution >= 0.6 is 0 Å². The van der Waals surface area contributed by atoms with Crippen molar-refractivity contribution >= 4 is 23.3 Å². The van der Waals surface area contributed by atoms with E-state index in [-0.39, 0.29) is 13.2 Å². The summed E-state index contributed by atoms with van der Waals surface area (Å²) in [5.74, 6) is -0.847. The zero-order chi connectivity index (χ0) is 20.8. The predicted octanol–water partition coefficient (Wildman–Crippen LogP) is 3.84. The number of esters is 2. The fraction of sp³-hybridized carbons (Fsp3) is 0.364. The lowest BCUT2D eigenvalue weighted by atomic mass is 9.93. The molecule has 28 heavy (non-hydrogen) atoms. The number of hydrogen-bond acceptors (Lipinski definition) is 6. The van der Waals surface area contributed by atoms with Crippen LogP contribution in [0, 0.1) is 0 Å². The van der Waals surface area contributed by atoms with Crippen molar-refractivity contribution in [2.75, 3.05) is 51.2 Å². The molecule has 0 unspecified atom stereocenters. The zero-order valence-electron chi connectivity index (χ0n) is 17.4. The molecule has 0 spiro atoms. The molecule has 0 N–H and O–H groups in total. The summed E-state index contributed by atoms with van der Waals surface area (Å²) in [5, 5.41) is 0. The predicted molar refractivity (Wildman–Crippen MR) is 112 cm³/mol. The van der Waals surface area contributed by atoms with Crippen LogP contribution in [0.15, 0.2) is 36.4 Å². The van der Waals surface area contributed by atoms with E-state index in [2.05, 4.69) is 0 Å². The Hall–Kier alpha value is -3.02. The second-order valence-electron chi connectivity index (χ2n) is 6.69. The minimum Gasteiger partial charge on any atom is -0.462 e. The van der Waals surface area contributed by atoms with Crippen LogP contribution in [0.3, 0.4) is 0 Å². The number of nitrogens with zero attached hydrogens (tertiary/aromatic N) is 2. The molecule has 0 saturated heterocycles. The van der Waals surface area contributed by atoms with Gasteiger partial charge in [0, 0.05) is 39.6 Å². The van der Waals surface area contributed by atoms with Gasteiger partial charge in [0.15, 0.2) is 0 Å². The number of anilines is 2. The molecule has 0 bridgehead atoms. The Morgan fingerprint density at radius 1 is 0.714 bits per heavy atom. The van der Waals surface area contributed by atoms with Crippen LogP contribution in [-0.2, 0) is 9.47 Å². The quantitative estimate of drug-likeness (QED) is 0.676. The first-order valence-electron chi connectivity index (χ1n) is 9.27. The van der Waals surface area contributed by atoms with Gasteiger partial charge in [-0.3, -0.25) is 0 Å². The highest BCUT2D eigenvalue weighted by atomic mass is 16.5. The fourth-order valence-electron chi connectivity index (χ4n) is 2.84. The Morgan fingerprint density at radius 2 is 1.07 bits per heavy atom. The van der Waals surface area contributed by atoms with Crippen molar-refractivity contribution in [3.8, 4) is 11.1 Å². The van der Waals surface area contributed by atoms with Gasteiger partial charge in [0.2, 0.25) is 0 Å². The van der Waals surface area contributed by atoms with Crippen molar-refractivity contribution in [2.45, 2.75) is 13.8 Å². The van der Waals surface area contributed by atoms with E-state index >= 15 is 0 Å². The van der Waals surface area contributed by atoms with Crippen molar-refractivity contribution in [1.82, 2.24) is 0 Å². The monoisotopic (exact) mass is 384 g/mol. The molecule has 2 aromatic carbocycles. The van der Waals surface area contributed by atoms with Crippen molar-refractivity contribution in [3.05, 3.63) is 47.5 Å². The van der Waals surface area contributed by atoms with Gasteiger partial charge in [-0.2, -0.15) is 0 Å². The SMILES string of the molecule is CCOC(=O)c1ccc(N(C)C)cc1-c1cc(N(C)C)ccc1C(=O)OCC. The highest BCUT2D eigenvalue weighted by Gasteiger charge is 2.21. The molecule has 0 aliphatic heterocycles. The molecule has 0 amide bonds. The van der Waals surface area contributed by atoms with E-state index in [4.69, 9.17) is 9.47 Å². The molecular formula is C22H28N2O4. The maximum Gasteiger partial charge on any atom is 0.338 e. The summed E-state index contributed by atoms with van der Waals surface area (Å²) in [6.45, 7) is 4.08. The van der Waals surface area contributed by atoms with E-state index in [0.717, 1.165) is 11.4 Å². The standard InChI is InChI=1S/C22H28N2O4/c1-7-27-21(25)17-11-9-15(23(3)4)13-19(17)20-14-16(24(5)6)10-12-18(20)22(26)28-8-2/h9-14H,7-8H2,1-6H3. The van der Waals surface area contributed by atoms with Gasteiger partial charge in [-0.25, -0.2) is 9.59 Å². The summed E-state index contributed by atoms with van der Waals surface area (Å²) >= 11 is 0. The second kappa shape index (κ2) is 9.26. The summed E-state index contributed by atoms with van der Waals surface area (Å²) in [6, 6.07) is 11.0. The lowest BCUT2D eigenvalue weighted by Crippen LogP contribution is -2.14. The van der Waals surface area contributed by atoms with Gasteiger partial charge in [0.25, 0.3) is 0 Å². The van der Waals surface area contributed by atoms with Crippen LogP contribution in [0.1, 0.15) is 34.6 Å². The first-order chi connectivity index (χ1) is 13.3. The molecule has 0 atom stereocenters. The number of carbonyl (C=O) groups is 2. The number of ether oxygens (including phenoxy) is 2. The molecule has 0 aliphatic carbocycles. The van der Waals surface area contributed by atoms with Crippen LogP contribution in [0.25, 0.3) is 11.1 Å². The van der Waals surface area contributed by atoms with Gasteiger partial charge >= 0.3 is 11.9 Å². The second-order valence-corrected chi connectivity index (χ2v) is 6.69. The number of carbonyl (C=O) groups excluding carboxylic acids is 2. The van der Waals surface area contributed by atoms with E-state index < -0.39 is 11.9 Å². The summed E-state index contributed by atoms with van der Waals surface area (Å²) in [7, 11) is 7.69. The normalized spacial score (nSPS) is 10.4. The third-order valence-corrected chi connectivity index (χ3v) is 4.32. The van der Waals surface area contributed by atoms with E-state index in [1.165, 1.54) is 0 Å². The van der Waals surface area contributed by atoms with Gasteiger partial charge in [0.05, 0.1) is 24.3 Å². The first-order valence-corrected chi connectivity index (χ1v) is 9.27. The lowest BCUT2D eigenvalue weighted by molar-refractivity contribution is 0.0515. The molecule has 150 valence electrons. The van der Waals surface area contributed by atoms with Crippen LogP contribution in [-0.4, -0.2) is 53.3 Å². The lowest BCUT2D eigenvalue weighted by Gasteiger charge is -2.20. The van der Waals surface area contributed by atoms with Crippen molar-refractivity contribution in [3.63, 3.8) is 0 Å². The molecule has 6 heteroatoms. The molecule has 0 heterocycles. The Morgan fingerprint density at radius 3 is 1.36 bits per heavy atom. The van der Waals surface area contributed by atoms with E-state index in [9.17, 15) is 9.59 Å². The van der Waals surface area contributed by atoms with E-state index in [1.807, 2.05) is 62.3 Å².